The Labute approximate surface area is 273 Å². The number of hydrogen-bond donors (Lipinski definition) is 0. The van der Waals surface area contributed by atoms with Crippen LogP contribution in [-0.2, 0) is 43.5 Å². The van der Waals surface area contributed by atoms with Crippen molar-refractivity contribution in [3.8, 4) is 0 Å². The Morgan fingerprint density at radius 1 is 0.804 bits per heavy atom. The second kappa shape index (κ2) is 17.1. The molecule has 3 aromatic rings. The summed E-state index contributed by atoms with van der Waals surface area (Å²) in [6.45, 7) is 7.57. The summed E-state index contributed by atoms with van der Waals surface area (Å²) in [5, 5.41) is 12.2. The molecular formula is C38H49NO7. The van der Waals surface area contributed by atoms with E-state index in [0.717, 1.165) is 36.0 Å². The lowest BCUT2D eigenvalue weighted by atomic mass is 9.75. The van der Waals surface area contributed by atoms with E-state index in [-0.39, 0.29) is 30.8 Å². The van der Waals surface area contributed by atoms with Crippen LogP contribution in [0, 0.1) is 33.8 Å². The van der Waals surface area contributed by atoms with Crippen molar-refractivity contribution in [2.24, 2.45) is 23.7 Å². The third-order valence-corrected chi connectivity index (χ3v) is 9.37. The van der Waals surface area contributed by atoms with Gasteiger partial charge in [-0.15, -0.1) is 0 Å². The standard InChI is InChI=1S/C38H49NO7/c1-27(2)32-20-19-28(3)21-34(32)45-38-33(22-39(40)41)36(43-24-30-15-9-5-10-16-30)37(44-25-31-17-11-6-12-18-31)35(46-38)26-42-23-29-13-7-4-8-14-29/h4-18,27-28,32-38H,19-26H2,1-3H3/t28-,32+,33+,34-,35+,36+,37+,38-/m0/s1. The minimum atomic E-state index is -0.843. The molecule has 5 rings (SSSR count). The molecule has 3 aromatic carbocycles. The molecule has 8 heteroatoms. The zero-order valence-corrected chi connectivity index (χ0v) is 27.3. The molecule has 1 aliphatic carbocycles. The van der Waals surface area contributed by atoms with Gasteiger partial charge in [0.1, 0.15) is 24.2 Å². The predicted octanol–water partition coefficient (Wildman–Crippen LogP) is 7.47. The molecule has 0 amide bonds. The van der Waals surface area contributed by atoms with Crippen LogP contribution in [0.15, 0.2) is 91.0 Å². The highest BCUT2D eigenvalue weighted by Crippen LogP contribution is 2.40. The SMILES string of the molecule is CC(C)[C@H]1CC[C@H](C)C[C@@H]1O[C@H]1O[C@H](COCc2ccccc2)[C@@H](OCc2ccccc2)[C@H](OCc2ccccc2)[C@H]1C[N+](=O)[O-]. The topological polar surface area (TPSA) is 89.3 Å². The second-order valence-electron chi connectivity index (χ2n) is 13.2. The first-order chi connectivity index (χ1) is 22.4. The molecular weight excluding hydrogens is 582 g/mol. The van der Waals surface area contributed by atoms with Gasteiger partial charge in [0.2, 0.25) is 6.54 Å². The molecule has 2 fully saturated rings. The van der Waals surface area contributed by atoms with Crippen LogP contribution in [0.4, 0.5) is 0 Å². The minimum Gasteiger partial charge on any atom is -0.374 e. The first-order valence-corrected chi connectivity index (χ1v) is 16.7. The van der Waals surface area contributed by atoms with Crippen LogP contribution in [0.5, 0.6) is 0 Å². The molecule has 0 spiro atoms. The van der Waals surface area contributed by atoms with Crippen molar-refractivity contribution in [3.05, 3.63) is 118 Å². The van der Waals surface area contributed by atoms with E-state index in [0.29, 0.717) is 31.0 Å². The van der Waals surface area contributed by atoms with Crippen LogP contribution in [0.3, 0.4) is 0 Å². The Balaban J connectivity index is 1.45. The van der Waals surface area contributed by atoms with Gasteiger partial charge in [-0.2, -0.15) is 0 Å². The van der Waals surface area contributed by atoms with E-state index >= 15 is 0 Å². The highest BCUT2D eigenvalue weighted by atomic mass is 16.7. The summed E-state index contributed by atoms with van der Waals surface area (Å²) >= 11 is 0. The van der Waals surface area contributed by atoms with Gasteiger partial charge in [-0.05, 0) is 47.3 Å². The molecule has 248 valence electrons. The molecule has 0 aromatic heterocycles. The van der Waals surface area contributed by atoms with Gasteiger partial charge < -0.3 is 23.7 Å². The summed E-state index contributed by atoms with van der Waals surface area (Å²) in [4.78, 5) is 11.9. The summed E-state index contributed by atoms with van der Waals surface area (Å²) in [7, 11) is 0. The van der Waals surface area contributed by atoms with E-state index in [1.165, 1.54) is 0 Å². The lowest BCUT2D eigenvalue weighted by molar-refractivity contribution is -0.504. The summed E-state index contributed by atoms with van der Waals surface area (Å²) in [5.41, 5.74) is 3.02. The zero-order chi connectivity index (χ0) is 32.3. The number of benzene rings is 3. The van der Waals surface area contributed by atoms with E-state index in [9.17, 15) is 10.1 Å². The fraction of sp³-hybridized carbons (Fsp3) is 0.526. The first kappa shape index (κ1) is 34.2. The zero-order valence-electron chi connectivity index (χ0n) is 27.3. The number of nitrogens with zero attached hydrogens (tertiary/aromatic N) is 1. The molecule has 0 bridgehead atoms. The molecule has 46 heavy (non-hydrogen) atoms. The van der Waals surface area contributed by atoms with Crippen LogP contribution in [0.2, 0.25) is 0 Å². The second-order valence-corrected chi connectivity index (χ2v) is 13.2. The van der Waals surface area contributed by atoms with Gasteiger partial charge in [-0.1, -0.05) is 118 Å². The van der Waals surface area contributed by atoms with Crippen molar-refractivity contribution in [3.63, 3.8) is 0 Å². The third-order valence-electron chi connectivity index (χ3n) is 9.37. The molecule has 0 N–H and O–H groups in total. The van der Waals surface area contributed by atoms with E-state index in [1.54, 1.807) is 0 Å². The fourth-order valence-corrected chi connectivity index (χ4v) is 6.85. The highest BCUT2D eigenvalue weighted by molar-refractivity contribution is 5.15. The molecule has 8 nitrogen and oxygen atoms in total. The monoisotopic (exact) mass is 631 g/mol. The lowest BCUT2D eigenvalue weighted by Gasteiger charge is -2.47. The lowest BCUT2D eigenvalue weighted by Crippen LogP contribution is -2.60. The molecule has 8 atom stereocenters. The Kier molecular flexibility index (Phi) is 12.7. The van der Waals surface area contributed by atoms with Gasteiger partial charge in [0.25, 0.3) is 0 Å². The van der Waals surface area contributed by atoms with Crippen LogP contribution in [0.1, 0.15) is 56.7 Å². The van der Waals surface area contributed by atoms with Crippen molar-refractivity contribution in [1.29, 1.82) is 0 Å². The third kappa shape index (κ3) is 9.69. The van der Waals surface area contributed by atoms with Crippen LogP contribution in [0.25, 0.3) is 0 Å². The van der Waals surface area contributed by atoms with Gasteiger partial charge in [0, 0.05) is 4.92 Å². The Morgan fingerprint density at radius 2 is 1.35 bits per heavy atom. The Bertz CT molecular complexity index is 1310. The number of rotatable bonds is 15. The van der Waals surface area contributed by atoms with E-state index in [1.807, 2.05) is 91.0 Å². The number of ether oxygens (including phenoxy) is 5. The summed E-state index contributed by atoms with van der Waals surface area (Å²) in [6.07, 6.45) is 0.339. The summed E-state index contributed by atoms with van der Waals surface area (Å²) < 4.78 is 33.1. The van der Waals surface area contributed by atoms with Crippen molar-refractivity contribution < 1.29 is 28.6 Å². The smallest absolute Gasteiger partial charge is 0.214 e. The van der Waals surface area contributed by atoms with E-state index < -0.39 is 30.5 Å². The highest BCUT2D eigenvalue weighted by Gasteiger charge is 2.51. The summed E-state index contributed by atoms with van der Waals surface area (Å²) in [5.74, 6) is 0.594. The number of nitro groups is 1. The molecule has 1 aliphatic heterocycles. The van der Waals surface area contributed by atoms with E-state index in [2.05, 4.69) is 20.8 Å². The van der Waals surface area contributed by atoms with Gasteiger partial charge in [-0.25, -0.2) is 0 Å². The molecule has 1 saturated carbocycles. The molecule has 0 radical (unpaired) electrons. The van der Waals surface area contributed by atoms with Crippen LogP contribution in [-0.4, -0.2) is 48.8 Å². The summed E-state index contributed by atoms with van der Waals surface area (Å²) in [6, 6.07) is 29.8. The largest absolute Gasteiger partial charge is 0.374 e. The average molecular weight is 632 g/mol. The van der Waals surface area contributed by atoms with Gasteiger partial charge in [0.15, 0.2) is 6.29 Å². The maximum atomic E-state index is 12.2. The quantitative estimate of drug-likeness (QED) is 0.127. The minimum absolute atomic E-state index is 0.0644. The van der Waals surface area contributed by atoms with Gasteiger partial charge >= 0.3 is 0 Å². The Morgan fingerprint density at radius 3 is 1.89 bits per heavy atom. The molecule has 2 aliphatic rings. The van der Waals surface area contributed by atoms with Crippen molar-refractivity contribution in [1.82, 2.24) is 0 Å². The number of hydrogen-bond acceptors (Lipinski definition) is 7. The average Bonchev–Trinajstić information content (AvgIpc) is 3.05. The molecule has 1 heterocycles. The van der Waals surface area contributed by atoms with Crippen molar-refractivity contribution in [2.75, 3.05) is 13.2 Å². The van der Waals surface area contributed by atoms with Gasteiger partial charge in [-0.3, -0.25) is 10.1 Å². The molecule has 1 saturated heterocycles. The van der Waals surface area contributed by atoms with Crippen LogP contribution >= 0.6 is 0 Å². The van der Waals surface area contributed by atoms with Crippen molar-refractivity contribution >= 4 is 0 Å². The Hall–Kier alpha value is -3.14. The predicted molar refractivity (Wildman–Crippen MR) is 176 cm³/mol. The maximum absolute atomic E-state index is 12.2. The van der Waals surface area contributed by atoms with Crippen LogP contribution < -0.4 is 0 Å². The molecule has 0 unspecified atom stereocenters. The first-order valence-electron chi connectivity index (χ1n) is 16.7. The maximum Gasteiger partial charge on any atom is 0.214 e. The normalized spacial score (nSPS) is 28.3. The fourth-order valence-electron chi connectivity index (χ4n) is 6.85. The van der Waals surface area contributed by atoms with E-state index in [4.69, 9.17) is 23.7 Å². The van der Waals surface area contributed by atoms with Gasteiger partial charge in [0.05, 0.1) is 32.5 Å². The van der Waals surface area contributed by atoms with Crippen molar-refractivity contribution in [2.45, 2.75) is 90.6 Å².